The lowest BCUT2D eigenvalue weighted by atomic mass is 9.78. The number of hydrogen-bond donors (Lipinski definition) is 0. The van der Waals surface area contributed by atoms with Crippen LogP contribution in [0.4, 0.5) is 28.9 Å². The van der Waals surface area contributed by atoms with Crippen LogP contribution in [0.2, 0.25) is 5.02 Å². The van der Waals surface area contributed by atoms with E-state index in [0.29, 0.717) is 17.1 Å². The fourth-order valence-corrected chi connectivity index (χ4v) is 6.78. The van der Waals surface area contributed by atoms with Gasteiger partial charge in [0.1, 0.15) is 46.8 Å². The highest BCUT2D eigenvalue weighted by Gasteiger charge is 2.44. The summed E-state index contributed by atoms with van der Waals surface area (Å²) >= 11 is 5.86. The number of carbonyl (C=O) groups excluding carboxylic acids is 2. The summed E-state index contributed by atoms with van der Waals surface area (Å²) in [6.45, 7) is 2.16. The summed E-state index contributed by atoms with van der Waals surface area (Å²) in [5.74, 6) is -2.72. The lowest BCUT2D eigenvalue weighted by Gasteiger charge is -2.41. The minimum atomic E-state index is -1.14. The maximum absolute atomic E-state index is 15.5. The van der Waals surface area contributed by atoms with Crippen molar-refractivity contribution >= 4 is 34.9 Å². The van der Waals surface area contributed by atoms with Gasteiger partial charge in [0.25, 0.3) is 0 Å². The zero-order chi connectivity index (χ0) is 35.6. The van der Waals surface area contributed by atoms with Crippen LogP contribution < -0.4 is 19.3 Å². The molecule has 0 aliphatic carbocycles. The summed E-state index contributed by atoms with van der Waals surface area (Å²) in [5.41, 5.74) is -0.149. The third-order valence-electron chi connectivity index (χ3n) is 9.40. The van der Waals surface area contributed by atoms with Crippen LogP contribution in [-0.2, 0) is 27.3 Å². The van der Waals surface area contributed by atoms with E-state index in [4.69, 9.17) is 25.8 Å². The summed E-state index contributed by atoms with van der Waals surface area (Å²) in [4.78, 5) is 29.5. The first-order valence-electron chi connectivity index (χ1n) is 16.3. The molecule has 4 aromatic rings. The highest BCUT2D eigenvalue weighted by molar-refractivity contribution is 6.31. The molecule has 1 fully saturated rings. The Kier molecular flexibility index (Phi) is 10.2. The SMILES string of the molecule is CCOC(=O)C1(COc2ccc(F)c3c2CCC(=O)N3Cc2ccc(OC)cc2)CCN(c2cc(F)c(-c3cccc(Cl)c3F)cc2F)CC1. The number of methoxy groups -OCH3 is 1. The van der Waals surface area contributed by atoms with Gasteiger partial charge in [-0.05, 0) is 68.1 Å². The highest BCUT2D eigenvalue weighted by atomic mass is 35.5. The molecule has 2 aliphatic rings. The predicted molar refractivity (Wildman–Crippen MR) is 182 cm³/mol. The maximum atomic E-state index is 15.5. The number of fused-ring (bicyclic) bond motifs is 1. The van der Waals surface area contributed by atoms with Crippen LogP contribution in [0.5, 0.6) is 11.5 Å². The van der Waals surface area contributed by atoms with Gasteiger partial charge in [-0.3, -0.25) is 9.59 Å². The Hall–Kier alpha value is -4.77. The largest absolute Gasteiger partial charge is 0.497 e. The van der Waals surface area contributed by atoms with Crippen molar-refractivity contribution in [1.29, 1.82) is 0 Å². The number of benzene rings is 4. The number of hydrogen-bond acceptors (Lipinski definition) is 6. The van der Waals surface area contributed by atoms with Crippen LogP contribution in [0, 0.1) is 28.7 Å². The molecule has 1 saturated heterocycles. The summed E-state index contributed by atoms with van der Waals surface area (Å²) in [6.07, 6.45) is 0.762. The molecule has 2 aliphatic heterocycles. The Morgan fingerprint density at radius 1 is 0.900 bits per heavy atom. The van der Waals surface area contributed by atoms with Crippen molar-refractivity contribution in [3.63, 3.8) is 0 Å². The molecule has 0 aromatic heterocycles. The molecule has 0 unspecified atom stereocenters. The molecular weight excluding hydrogens is 676 g/mol. The van der Waals surface area contributed by atoms with Crippen molar-refractivity contribution < 1.29 is 41.4 Å². The Labute approximate surface area is 292 Å². The molecule has 6 rings (SSSR count). The number of ether oxygens (including phenoxy) is 3. The molecule has 262 valence electrons. The van der Waals surface area contributed by atoms with E-state index in [0.717, 1.165) is 17.7 Å². The average molecular weight is 711 g/mol. The first-order valence-corrected chi connectivity index (χ1v) is 16.7. The van der Waals surface area contributed by atoms with E-state index in [9.17, 15) is 14.0 Å². The number of piperidine rings is 1. The lowest BCUT2D eigenvalue weighted by molar-refractivity contribution is -0.159. The molecule has 2 heterocycles. The minimum absolute atomic E-state index is 0.0266. The number of nitrogens with zero attached hydrogens (tertiary/aromatic N) is 2. The smallest absolute Gasteiger partial charge is 0.315 e. The summed E-state index contributed by atoms with van der Waals surface area (Å²) in [5, 5.41) is -0.208. The van der Waals surface area contributed by atoms with Gasteiger partial charge in [-0.2, -0.15) is 0 Å². The molecule has 4 aromatic carbocycles. The van der Waals surface area contributed by atoms with E-state index in [2.05, 4.69) is 0 Å². The zero-order valence-electron chi connectivity index (χ0n) is 27.5. The van der Waals surface area contributed by atoms with Gasteiger partial charge < -0.3 is 24.0 Å². The number of halogens is 5. The van der Waals surface area contributed by atoms with Gasteiger partial charge in [0.15, 0.2) is 0 Å². The fourth-order valence-electron chi connectivity index (χ4n) is 6.61. The number of esters is 1. The monoisotopic (exact) mass is 710 g/mol. The summed E-state index contributed by atoms with van der Waals surface area (Å²) in [6, 6.07) is 15.9. The highest BCUT2D eigenvalue weighted by Crippen LogP contribution is 2.42. The quantitative estimate of drug-likeness (QED) is 0.122. The molecule has 0 radical (unpaired) electrons. The van der Waals surface area contributed by atoms with Crippen LogP contribution in [0.1, 0.15) is 37.3 Å². The van der Waals surface area contributed by atoms with Crippen LogP contribution >= 0.6 is 11.6 Å². The third-order valence-corrected chi connectivity index (χ3v) is 9.69. The average Bonchev–Trinajstić information content (AvgIpc) is 3.12. The van der Waals surface area contributed by atoms with E-state index in [1.54, 1.807) is 31.1 Å². The molecule has 0 N–H and O–H groups in total. The number of amides is 1. The van der Waals surface area contributed by atoms with Gasteiger partial charge >= 0.3 is 5.97 Å². The van der Waals surface area contributed by atoms with E-state index in [-0.39, 0.29) is 92.0 Å². The van der Waals surface area contributed by atoms with Crippen molar-refractivity contribution in [3.05, 3.63) is 106 Å². The van der Waals surface area contributed by atoms with Crippen molar-refractivity contribution in [3.8, 4) is 22.6 Å². The Balaban J connectivity index is 1.22. The molecule has 12 heteroatoms. The number of rotatable bonds is 10. The minimum Gasteiger partial charge on any atom is -0.497 e. The zero-order valence-corrected chi connectivity index (χ0v) is 28.3. The molecular formula is C38H35ClF4N2O5. The van der Waals surface area contributed by atoms with Crippen LogP contribution in [-0.4, -0.2) is 45.3 Å². The third kappa shape index (κ3) is 6.83. The van der Waals surface area contributed by atoms with Gasteiger partial charge in [-0.1, -0.05) is 35.9 Å². The van der Waals surface area contributed by atoms with Gasteiger partial charge in [0.05, 0.1) is 36.7 Å². The second-order valence-corrected chi connectivity index (χ2v) is 12.8. The fraction of sp³-hybridized carbons (Fsp3) is 0.316. The molecule has 7 nitrogen and oxygen atoms in total. The topological polar surface area (TPSA) is 68.3 Å². The van der Waals surface area contributed by atoms with Crippen LogP contribution in [0.3, 0.4) is 0 Å². The first kappa shape index (κ1) is 35.1. The Morgan fingerprint density at radius 2 is 1.64 bits per heavy atom. The first-order chi connectivity index (χ1) is 24.0. The normalized spacial score (nSPS) is 15.5. The van der Waals surface area contributed by atoms with Crippen molar-refractivity contribution in [2.75, 3.05) is 43.2 Å². The van der Waals surface area contributed by atoms with E-state index < -0.39 is 34.7 Å². The summed E-state index contributed by atoms with van der Waals surface area (Å²) < 4.78 is 77.7. The van der Waals surface area contributed by atoms with Gasteiger partial charge in [0.2, 0.25) is 5.91 Å². The predicted octanol–water partition coefficient (Wildman–Crippen LogP) is 8.28. The standard InChI is InChI=1S/C38H35ClF4N2O5/c1-3-49-37(47)38(15-17-44(18-16-38)32-20-30(41)27(19-31(32)42)25-5-4-6-28(39)35(25)43)22-50-33-13-12-29(40)36-26(33)11-14-34(46)45(36)21-23-7-9-24(48-2)10-8-23/h4-10,12-13,19-20H,3,11,14-18,21-22H2,1-2H3. The number of carbonyl (C=O) groups is 2. The lowest BCUT2D eigenvalue weighted by Crippen LogP contribution is -2.48. The van der Waals surface area contributed by atoms with Gasteiger partial charge in [-0.15, -0.1) is 0 Å². The van der Waals surface area contributed by atoms with Gasteiger partial charge in [0, 0.05) is 42.3 Å². The number of anilines is 2. The molecule has 1 amide bonds. The van der Waals surface area contributed by atoms with E-state index in [1.165, 1.54) is 35.2 Å². The molecule has 0 saturated carbocycles. The van der Waals surface area contributed by atoms with Crippen LogP contribution in [0.15, 0.2) is 66.7 Å². The van der Waals surface area contributed by atoms with Crippen LogP contribution in [0.25, 0.3) is 11.1 Å². The maximum Gasteiger partial charge on any atom is 0.315 e. The molecule has 0 bridgehead atoms. The Bertz CT molecular complexity index is 1910. The van der Waals surface area contributed by atoms with Crippen molar-refractivity contribution in [2.24, 2.45) is 5.41 Å². The van der Waals surface area contributed by atoms with Gasteiger partial charge in [-0.25, -0.2) is 17.6 Å². The summed E-state index contributed by atoms with van der Waals surface area (Å²) in [7, 11) is 1.55. The Morgan fingerprint density at radius 3 is 2.34 bits per heavy atom. The second kappa shape index (κ2) is 14.6. The molecule has 50 heavy (non-hydrogen) atoms. The van der Waals surface area contributed by atoms with E-state index in [1.807, 2.05) is 12.1 Å². The van der Waals surface area contributed by atoms with Crippen molar-refractivity contribution in [2.45, 2.75) is 39.2 Å². The van der Waals surface area contributed by atoms with E-state index >= 15 is 13.2 Å². The second-order valence-electron chi connectivity index (χ2n) is 12.4. The molecule has 0 atom stereocenters. The molecule has 0 spiro atoms. The van der Waals surface area contributed by atoms with Crippen molar-refractivity contribution in [1.82, 2.24) is 0 Å².